The molecule has 0 saturated carbocycles. The molecule has 0 aromatic carbocycles. The van der Waals surface area contributed by atoms with Gasteiger partial charge >= 0.3 is 0 Å². The van der Waals surface area contributed by atoms with Crippen molar-refractivity contribution in [2.45, 2.75) is 0 Å². The van der Waals surface area contributed by atoms with Crippen LogP contribution < -0.4 is 5.84 Å². The van der Waals surface area contributed by atoms with E-state index in [4.69, 9.17) is 5.84 Å². The van der Waals surface area contributed by atoms with Crippen LogP contribution in [0.4, 0.5) is 0 Å². The third-order valence-corrected chi connectivity index (χ3v) is 0.999. The molecule has 0 saturated heterocycles. The van der Waals surface area contributed by atoms with Crippen molar-refractivity contribution >= 4 is 32.9 Å². The molecule has 1 aromatic rings. The highest BCUT2D eigenvalue weighted by molar-refractivity contribution is 9.10. The fraction of sp³-hybridized carbons (Fsp3) is 0. The monoisotopic (exact) mass is 241 g/mol. The van der Waals surface area contributed by atoms with Crippen LogP contribution in [-0.2, 0) is 0 Å². The maximum Gasteiger partial charge on any atom is 0.130 e. The number of nitrogens with two attached hydrogens (primary N) is 1. The topological polar surface area (TPSA) is 43.8 Å². The molecule has 0 aliphatic carbocycles. The summed E-state index contributed by atoms with van der Waals surface area (Å²) in [5, 5.41) is 3.72. The van der Waals surface area contributed by atoms with E-state index in [1.54, 1.807) is 12.3 Å². The molecule has 1 heterocycles. The van der Waals surface area contributed by atoms with Crippen LogP contribution in [0.1, 0.15) is 0 Å². The molecule has 0 bridgehead atoms. The first-order valence-corrected chi connectivity index (χ1v) is 2.54. The zero-order valence-electron chi connectivity index (χ0n) is 3.91. The van der Waals surface area contributed by atoms with Gasteiger partial charge < -0.3 is 5.84 Å². The van der Waals surface area contributed by atoms with E-state index < -0.39 is 0 Å². The van der Waals surface area contributed by atoms with E-state index >= 15 is 0 Å². The molecule has 0 unspecified atom stereocenters. The Hall–Kier alpha value is -0.0300. The quantitative estimate of drug-likeness (QED) is 0.689. The Morgan fingerprint density at radius 3 is 2.50 bits per heavy atom. The Kier molecular flexibility index (Phi) is 3.08. The van der Waals surface area contributed by atoms with Gasteiger partial charge in [-0.05, 0) is 22.0 Å². The van der Waals surface area contributed by atoms with Gasteiger partial charge in [0.1, 0.15) is 4.60 Å². The largest absolute Gasteiger partial charge is 0.323 e. The van der Waals surface area contributed by atoms with E-state index in [1.807, 2.05) is 0 Å². The molecule has 0 amide bonds. The summed E-state index contributed by atoms with van der Waals surface area (Å²) in [6, 6.07) is 1.76. The van der Waals surface area contributed by atoms with E-state index in [-0.39, 0.29) is 17.0 Å². The molecule has 5 heteroatoms. The average molecular weight is 243 g/mol. The Bertz CT molecular complexity index is 145. The van der Waals surface area contributed by atoms with Gasteiger partial charge in [-0.15, -0.1) is 22.1 Å². The van der Waals surface area contributed by atoms with Crippen molar-refractivity contribution < 1.29 is 0 Å². The summed E-state index contributed by atoms with van der Waals surface area (Å²) < 4.78 is 0.759. The Morgan fingerprint density at radius 2 is 2.38 bits per heavy atom. The van der Waals surface area contributed by atoms with Crippen molar-refractivity contribution in [2.75, 3.05) is 5.84 Å². The van der Waals surface area contributed by atoms with Crippen molar-refractivity contribution in [1.29, 1.82) is 0 Å². The minimum atomic E-state index is 0. The zero-order valence-corrected chi connectivity index (χ0v) is 7.21. The molecule has 3 nitrogen and oxygen atoms in total. The lowest BCUT2D eigenvalue weighted by Gasteiger charge is -1.80. The van der Waals surface area contributed by atoms with Crippen LogP contribution in [0.3, 0.4) is 0 Å². The van der Waals surface area contributed by atoms with Gasteiger partial charge in [0.15, 0.2) is 0 Å². The number of hydrogen-bond donors (Lipinski definition) is 1. The molecule has 0 fully saturated rings. The second-order valence-electron chi connectivity index (χ2n) is 1.12. The van der Waals surface area contributed by atoms with E-state index in [9.17, 15) is 0 Å². The van der Waals surface area contributed by atoms with Gasteiger partial charge in [-0.1, -0.05) is 0 Å². The van der Waals surface area contributed by atoms with Gasteiger partial charge in [0.25, 0.3) is 0 Å². The van der Waals surface area contributed by atoms with Crippen LogP contribution in [0, 0.1) is 0 Å². The van der Waals surface area contributed by atoms with Crippen LogP contribution in [0.2, 0.25) is 0 Å². The van der Waals surface area contributed by atoms with E-state index in [1.165, 1.54) is 4.79 Å². The highest BCUT2D eigenvalue weighted by Crippen LogP contribution is 2.00. The second kappa shape index (κ2) is 3.09. The number of hydrogen-bond acceptors (Lipinski definition) is 2. The third-order valence-electron chi connectivity index (χ3n) is 0.576. The van der Waals surface area contributed by atoms with Gasteiger partial charge in [-0.2, -0.15) is 4.79 Å². The van der Waals surface area contributed by atoms with Crippen LogP contribution >= 0.6 is 32.9 Å². The molecule has 46 valence electrons. The molecule has 8 heavy (non-hydrogen) atoms. The van der Waals surface area contributed by atoms with E-state index in [0.717, 1.165) is 4.60 Å². The predicted octanol–water partition coefficient (Wildman–Crippen LogP) is 0.937. The molecule has 0 aliphatic heterocycles. The molecule has 0 spiro atoms. The standard InChI is InChI=1S/C3H4BrN3.BrH/c4-3-1-2-7(5)6-3;/h1-2H,5H2;1H. The fourth-order valence-electron chi connectivity index (χ4n) is 0.315. The number of halogens is 2. The van der Waals surface area contributed by atoms with Crippen LogP contribution in [0.25, 0.3) is 0 Å². The van der Waals surface area contributed by atoms with Crippen LogP contribution in [-0.4, -0.2) is 9.89 Å². The summed E-state index contributed by atoms with van der Waals surface area (Å²) in [6.45, 7) is 0. The third kappa shape index (κ3) is 1.83. The molecular weight excluding hydrogens is 238 g/mol. The first-order valence-electron chi connectivity index (χ1n) is 1.75. The first kappa shape index (κ1) is 7.97. The lowest BCUT2D eigenvalue weighted by Crippen LogP contribution is -2.07. The van der Waals surface area contributed by atoms with Gasteiger partial charge in [0, 0.05) is 6.20 Å². The lowest BCUT2D eigenvalue weighted by atomic mass is 10.8. The molecule has 1 aromatic heterocycles. The van der Waals surface area contributed by atoms with Gasteiger partial charge in [-0.3, -0.25) is 0 Å². The summed E-state index contributed by atoms with van der Waals surface area (Å²) in [7, 11) is 0. The number of aromatic nitrogens is 2. The van der Waals surface area contributed by atoms with E-state index in [2.05, 4.69) is 21.0 Å². The summed E-state index contributed by atoms with van der Waals surface area (Å²) in [5.74, 6) is 5.15. The molecule has 0 atom stereocenters. The van der Waals surface area contributed by atoms with Gasteiger partial charge in [0.05, 0.1) is 0 Å². The average Bonchev–Trinajstić information content (AvgIpc) is 1.87. The normalized spacial score (nSPS) is 8.12. The Morgan fingerprint density at radius 1 is 1.75 bits per heavy atom. The smallest absolute Gasteiger partial charge is 0.130 e. The number of nitrogens with zero attached hydrogens (tertiary/aromatic N) is 2. The van der Waals surface area contributed by atoms with Crippen molar-refractivity contribution in [2.24, 2.45) is 0 Å². The second-order valence-corrected chi connectivity index (χ2v) is 1.93. The van der Waals surface area contributed by atoms with Crippen molar-refractivity contribution in [3.63, 3.8) is 0 Å². The highest BCUT2D eigenvalue weighted by atomic mass is 79.9. The summed E-state index contributed by atoms with van der Waals surface area (Å²) in [5.41, 5.74) is 0. The summed E-state index contributed by atoms with van der Waals surface area (Å²) in [6.07, 6.45) is 1.66. The summed E-state index contributed by atoms with van der Waals surface area (Å²) >= 11 is 3.12. The van der Waals surface area contributed by atoms with Crippen LogP contribution in [0.5, 0.6) is 0 Å². The predicted molar refractivity (Wildman–Crippen MR) is 40.4 cm³/mol. The van der Waals surface area contributed by atoms with Gasteiger partial charge in [0.2, 0.25) is 0 Å². The van der Waals surface area contributed by atoms with Gasteiger partial charge in [-0.25, -0.2) is 0 Å². The van der Waals surface area contributed by atoms with Crippen molar-refractivity contribution in [3.8, 4) is 0 Å². The van der Waals surface area contributed by atoms with E-state index in [0.29, 0.717) is 0 Å². The fourth-order valence-corrected chi connectivity index (χ4v) is 0.616. The molecule has 1 rings (SSSR count). The molecular formula is C3H5Br2N3. The molecule has 0 radical (unpaired) electrons. The maximum absolute atomic E-state index is 5.15. The lowest BCUT2D eigenvalue weighted by molar-refractivity contribution is 0.823. The number of nitrogen functional groups attached to an aromatic ring is 1. The first-order chi connectivity index (χ1) is 3.29. The van der Waals surface area contributed by atoms with Crippen molar-refractivity contribution in [3.05, 3.63) is 16.9 Å². The molecule has 0 aliphatic rings. The zero-order chi connectivity index (χ0) is 5.28. The number of rotatable bonds is 0. The Labute approximate surface area is 65.7 Å². The maximum atomic E-state index is 5.15. The Balaban J connectivity index is 0.000000490. The van der Waals surface area contributed by atoms with Crippen molar-refractivity contribution in [1.82, 2.24) is 9.89 Å². The summed E-state index contributed by atoms with van der Waals surface area (Å²) in [4.78, 5) is 1.24. The highest BCUT2D eigenvalue weighted by Gasteiger charge is 1.84. The molecule has 2 N–H and O–H groups in total. The van der Waals surface area contributed by atoms with Crippen LogP contribution in [0.15, 0.2) is 16.9 Å². The minimum absolute atomic E-state index is 0. The minimum Gasteiger partial charge on any atom is -0.323 e. The SMILES string of the molecule is Br.Nn1ccc(Br)n1.